The topological polar surface area (TPSA) is 109 Å². The third-order valence-electron chi connectivity index (χ3n) is 6.58. The normalized spacial score (nSPS) is 18.8. The van der Waals surface area contributed by atoms with Crippen molar-refractivity contribution in [2.75, 3.05) is 7.11 Å². The first-order chi connectivity index (χ1) is 16.0. The Morgan fingerprint density at radius 1 is 1.18 bits per heavy atom. The van der Waals surface area contributed by atoms with Crippen LogP contribution in [0, 0.1) is 17.2 Å². The van der Waals surface area contributed by atoms with Crippen LogP contribution in [-0.2, 0) is 16.8 Å². The van der Waals surface area contributed by atoms with Gasteiger partial charge < -0.3 is 15.6 Å². The molecule has 1 fully saturated rings. The van der Waals surface area contributed by atoms with E-state index in [0.29, 0.717) is 34.2 Å². The summed E-state index contributed by atoms with van der Waals surface area (Å²) in [6, 6.07) is 21.7. The van der Waals surface area contributed by atoms with Crippen LogP contribution < -0.4 is 10.5 Å². The van der Waals surface area contributed by atoms with E-state index in [9.17, 15) is 15.2 Å². The fraction of sp³-hybridized carbons (Fsp3) is 0.222. The molecule has 2 aliphatic rings. The first kappa shape index (κ1) is 20.8. The number of ether oxygens (including phenoxy) is 1. The number of benzene rings is 3. The lowest BCUT2D eigenvalue weighted by Crippen LogP contribution is -2.26. The van der Waals surface area contributed by atoms with Gasteiger partial charge in [-0.25, -0.2) is 0 Å². The van der Waals surface area contributed by atoms with Crippen LogP contribution in [0.25, 0.3) is 11.1 Å². The van der Waals surface area contributed by atoms with E-state index in [2.05, 4.69) is 24.3 Å². The summed E-state index contributed by atoms with van der Waals surface area (Å²) in [4.78, 5) is 16.4. The van der Waals surface area contributed by atoms with E-state index in [-0.39, 0.29) is 6.42 Å². The van der Waals surface area contributed by atoms with Crippen molar-refractivity contribution >= 4 is 11.8 Å². The minimum Gasteiger partial charge on any atom is -0.497 e. The van der Waals surface area contributed by atoms with Gasteiger partial charge in [-0.2, -0.15) is 5.26 Å². The maximum Gasteiger partial charge on any atom is 0.307 e. The standard InChI is InChI=1S/C27H23N3O3/c1-33-20-12-17(13-25(31)32)23(15-28)22(14-20)16-5-4-6-19(11-16)27(18-9-10-18)24-8-3-2-7-21(24)26(29)30-27/h2-8,11-12,14,18H,9-10,13H2,1H3,(H2,29,30)(H,31,32). The highest BCUT2D eigenvalue weighted by atomic mass is 16.5. The molecule has 3 aromatic carbocycles. The van der Waals surface area contributed by atoms with Gasteiger partial charge in [0.1, 0.15) is 23.2 Å². The number of fused-ring (bicyclic) bond motifs is 1. The molecule has 33 heavy (non-hydrogen) atoms. The number of amidine groups is 1. The number of nitrogens with two attached hydrogens (primary N) is 1. The average Bonchev–Trinajstić information content (AvgIpc) is 3.63. The number of hydrogen-bond acceptors (Lipinski definition) is 5. The molecule has 1 unspecified atom stereocenters. The minimum atomic E-state index is -1.00. The zero-order valence-electron chi connectivity index (χ0n) is 18.2. The number of hydrogen-bond donors (Lipinski definition) is 2. The van der Waals surface area contributed by atoms with Crippen LogP contribution in [0.5, 0.6) is 5.75 Å². The summed E-state index contributed by atoms with van der Waals surface area (Å²) < 4.78 is 5.42. The fourth-order valence-electron chi connectivity index (χ4n) is 4.99. The fourth-order valence-corrected chi connectivity index (χ4v) is 4.99. The molecule has 1 aliphatic carbocycles. The van der Waals surface area contributed by atoms with Gasteiger partial charge in [-0.05, 0) is 59.2 Å². The molecule has 1 atom stereocenters. The highest BCUT2D eigenvalue weighted by Crippen LogP contribution is 2.55. The molecule has 0 radical (unpaired) electrons. The van der Waals surface area contributed by atoms with Crippen LogP contribution >= 0.6 is 0 Å². The largest absolute Gasteiger partial charge is 0.497 e. The van der Waals surface area contributed by atoms with Gasteiger partial charge in [0.05, 0.1) is 19.1 Å². The molecule has 0 spiro atoms. The van der Waals surface area contributed by atoms with Crippen molar-refractivity contribution in [3.8, 4) is 22.9 Å². The Bertz CT molecular complexity index is 1350. The van der Waals surface area contributed by atoms with E-state index in [1.807, 2.05) is 30.3 Å². The molecule has 0 saturated heterocycles. The molecule has 1 aliphatic heterocycles. The third kappa shape index (κ3) is 3.33. The van der Waals surface area contributed by atoms with Gasteiger partial charge in [0, 0.05) is 11.1 Å². The molecular weight excluding hydrogens is 414 g/mol. The van der Waals surface area contributed by atoms with E-state index in [1.165, 1.54) is 7.11 Å². The summed E-state index contributed by atoms with van der Waals surface area (Å²) in [5.74, 6) is 0.416. The van der Waals surface area contributed by atoms with Gasteiger partial charge in [-0.1, -0.05) is 42.5 Å². The summed E-state index contributed by atoms with van der Waals surface area (Å²) in [5.41, 5.74) is 11.1. The maximum atomic E-state index is 11.4. The number of methoxy groups -OCH3 is 1. The molecule has 3 aromatic rings. The molecule has 1 saturated carbocycles. The Kier molecular flexibility index (Phi) is 4.90. The lowest BCUT2D eigenvalue weighted by Gasteiger charge is -2.29. The van der Waals surface area contributed by atoms with E-state index in [4.69, 9.17) is 15.5 Å². The van der Waals surface area contributed by atoms with Crippen LogP contribution in [0.3, 0.4) is 0 Å². The Hall–Kier alpha value is -4.11. The molecule has 6 nitrogen and oxygen atoms in total. The number of carbonyl (C=O) groups is 1. The second-order valence-corrected chi connectivity index (χ2v) is 8.56. The summed E-state index contributed by atoms with van der Waals surface area (Å²) in [6.07, 6.45) is 1.88. The summed E-state index contributed by atoms with van der Waals surface area (Å²) in [7, 11) is 1.53. The van der Waals surface area contributed by atoms with E-state index >= 15 is 0 Å². The summed E-state index contributed by atoms with van der Waals surface area (Å²) >= 11 is 0. The minimum absolute atomic E-state index is 0.257. The number of rotatable bonds is 6. The van der Waals surface area contributed by atoms with Crippen molar-refractivity contribution in [2.24, 2.45) is 16.6 Å². The second-order valence-electron chi connectivity index (χ2n) is 8.56. The Labute approximate surface area is 192 Å². The maximum absolute atomic E-state index is 11.4. The Morgan fingerprint density at radius 3 is 2.67 bits per heavy atom. The molecule has 6 heteroatoms. The molecule has 0 bridgehead atoms. The third-order valence-corrected chi connectivity index (χ3v) is 6.58. The van der Waals surface area contributed by atoms with Crippen molar-refractivity contribution in [1.82, 2.24) is 0 Å². The van der Waals surface area contributed by atoms with Crippen LogP contribution in [-0.4, -0.2) is 24.0 Å². The molecule has 0 amide bonds. The van der Waals surface area contributed by atoms with Gasteiger partial charge >= 0.3 is 5.97 Å². The molecular formula is C27H23N3O3. The molecule has 0 aromatic heterocycles. The number of carboxylic acids is 1. The smallest absolute Gasteiger partial charge is 0.307 e. The number of nitriles is 1. The first-order valence-corrected chi connectivity index (χ1v) is 10.9. The quantitative estimate of drug-likeness (QED) is 0.600. The molecule has 164 valence electrons. The predicted molar refractivity (Wildman–Crippen MR) is 125 cm³/mol. The van der Waals surface area contributed by atoms with E-state index in [1.54, 1.807) is 12.1 Å². The Morgan fingerprint density at radius 2 is 1.97 bits per heavy atom. The van der Waals surface area contributed by atoms with Gasteiger partial charge in [0.25, 0.3) is 0 Å². The molecule has 3 N–H and O–H groups in total. The van der Waals surface area contributed by atoms with Gasteiger partial charge in [-0.3, -0.25) is 9.79 Å². The number of aliphatic imine (C=N–C) groups is 1. The molecule has 5 rings (SSSR count). The first-order valence-electron chi connectivity index (χ1n) is 10.9. The zero-order chi connectivity index (χ0) is 23.2. The van der Waals surface area contributed by atoms with E-state index in [0.717, 1.165) is 35.1 Å². The van der Waals surface area contributed by atoms with Crippen molar-refractivity contribution in [1.29, 1.82) is 5.26 Å². The van der Waals surface area contributed by atoms with E-state index < -0.39 is 11.5 Å². The monoisotopic (exact) mass is 437 g/mol. The second kappa shape index (κ2) is 7.79. The SMILES string of the molecule is COc1cc(CC(=O)O)c(C#N)c(-c2cccc(C3(C4CC4)N=C(N)c4ccccc43)c2)c1. The lowest BCUT2D eigenvalue weighted by molar-refractivity contribution is -0.136. The predicted octanol–water partition coefficient (Wildman–Crippen LogP) is 4.23. The van der Waals surface area contributed by atoms with Crippen molar-refractivity contribution in [2.45, 2.75) is 24.8 Å². The Balaban J connectivity index is 1.71. The van der Waals surface area contributed by atoms with Crippen LogP contribution in [0.15, 0.2) is 65.7 Å². The summed E-state index contributed by atoms with van der Waals surface area (Å²) in [6.45, 7) is 0. The van der Waals surface area contributed by atoms with Crippen molar-refractivity contribution in [3.05, 3.63) is 88.5 Å². The number of carboxylic acid groups (broad SMARTS) is 1. The highest BCUT2D eigenvalue weighted by Gasteiger charge is 2.51. The zero-order valence-corrected chi connectivity index (χ0v) is 18.2. The average molecular weight is 437 g/mol. The number of nitrogens with zero attached hydrogens (tertiary/aromatic N) is 2. The molecule has 1 heterocycles. The van der Waals surface area contributed by atoms with Gasteiger partial charge in [-0.15, -0.1) is 0 Å². The van der Waals surface area contributed by atoms with Crippen LogP contribution in [0.4, 0.5) is 0 Å². The van der Waals surface area contributed by atoms with Crippen LogP contribution in [0.1, 0.15) is 40.7 Å². The highest BCUT2D eigenvalue weighted by molar-refractivity contribution is 6.02. The van der Waals surface area contributed by atoms with Crippen molar-refractivity contribution < 1.29 is 14.6 Å². The van der Waals surface area contributed by atoms with Crippen LogP contribution in [0.2, 0.25) is 0 Å². The summed E-state index contributed by atoms with van der Waals surface area (Å²) in [5, 5.41) is 19.3. The van der Waals surface area contributed by atoms with Gasteiger partial charge in [0.2, 0.25) is 0 Å². The lowest BCUT2D eigenvalue weighted by atomic mass is 9.78. The van der Waals surface area contributed by atoms with Gasteiger partial charge in [0.15, 0.2) is 0 Å². The van der Waals surface area contributed by atoms with Crippen molar-refractivity contribution in [3.63, 3.8) is 0 Å². The number of aliphatic carboxylic acids is 1.